The average molecular weight is 1030 g/mol. The molecule has 4 aromatic heterocycles. The van der Waals surface area contributed by atoms with Crippen LogP contribution in [0, 0.1) is 0 Å². The predicted molar refractivity (Wildman–Crippen MR) is 332 cm³/mol. The summed E-state index contributed by atoms with van der Waals surface area (Å²) in [5.74, 6) is 1.64. The molecule has 0 N–H and O–H groups in total. The molecule has 0 fully saturated rings. The maximum atomic E-state index is 6.72. The zero-order chi connectivity index (χ0) is 52.7. The Labute approximate surface area is 461 Å². The fourth-order valence-electron chi connectivity index (χ4n) is 12.3. The number of fused-ring (bicyclic) bond motifs is 11. The molecule has 0 saturated carbocycles. The Morgan fingerprint density at radius 3 is 0.950 bits per heavy atom. The Kier molecular flexibility index (Phi) is 10.5. The van der Waals surface area contributed by atoms with Gasteiger partial charge in [0.25, 0.3) is 0 Å². The van der Waals surface area contributed by atoms with E-state index in [9.17, 15) is 0 Å². The number of rotatable bonds is 10. The van der Waals surface area contributed by atoms with Crippen LogP contribution in [-0.2, 0) is 0 Å². The molecule has 0 aliphatic carbocycles. The lowest BCUT2D eigenvalue weighted by Gasteiger charge is -2.25. The van der Waals surface area contributed by atoms with Gasteiger partial charge in [-0.1, -0.05) is 146 Å². The number of anilines is 6. The van der Waals surface area contributed by atoms with Crippen LogP contribution in [0.1, 0.15) is 0 Å². The van der Waals surface area contributed by atoms with Crippen LogP contribution in [-0.4, -0.2) is 9.13 Å². The summed E-state index contributed by atoms with van der Waals surface area (Å²) in [6, 6.07) is 104. The first-order chi connectivity index (χ1) is 39.7. The largest absolute Gasteiger partial charge is 0.456 e. The van der Waals surface area contributed by atoms with Gasteiger partial charge in [0.05, 0.1) is 22.1 Å². The van der Waals surface area contributed by atoms with E-state index in [1.165, 1.54) is 32.3 Å². The van der Waals surface area contributed by atoms with E-state index in [-0.39, 0.29) is 0 Å². The molecule has 376 valence electrons. The van der Waals surface area contributed by atoms with Crippen molar-refractivity contribution in [3.05, 3.63) is 291 Å². The van der Waals surface area contributed by atoms with Crippen LogP contribution in [0.5, 0.6) is 0 Å². The van der Waals surface area contributed by atoms with Crippen LogP contribution < -0.4 is 9.80 Å². The lowest BCUT2D eigenvalue weighted by molar-refractivity contribution is 0.631. The van der Waals surface area contributed by atoms with Gasteiger partial charge in [-0.2, -0.15) is 0 Å². The van der Waals surface area contributed by atoms with E-state index in [2.05, 4.69) is 310 Å². The molecule has 16 aromatic rings. The molecule has 0 unspecified atom stereocenters. The first kappa shape index (κ1) is 45.4. The molecule has 6 heteroatoms. The summed E-state index contributed by atoms with van der Waals surface area (Å²) in [7, 11) is 0. The lowest BCUT2D eigenvalue weighted by Crippen LogP contribution is -2.09. The van der Waals surface area contributed by atoms with Crippen LogP contribution >= 0.6 is 0 Å². The van der Waals surface area contributed by atoms with Crippen molar-refractivity contribution in [3.8, 4) is 34.0 Å². The number of aromatic nitrogens is 2. The van der Waals surface area contributed by atoms with Crippen LogP contribution in [0.3, 0.4) is 0 Å². The van der Waals surface area contributed by atoms with Crippen LogP contribution in [0.2, 0.25) is 0 Å². The number of nitrogens with zero attached hydrogens (tertiary/aromatic N) is 4. The summed E-state index contributed by atoms with van der Waals surface area (Å²) in [5, 5.41) is 9.25. The molecule has 80 heavy (non-hydrogen) atoms. The topological polar surface area (TPSA) is 42.6 Å². The second-order valence-electron chi connectivity index (χ2n) is 20.5. The summed E-state index contributed by atoms with van der Waals surface area (Å²) >= 11 is 0. The highest BCUT2D eigenvalue weighted by atomic mass is 16.3. The Morgan fingerprint density at radius 2 is 0.588 bits per heavy atom. The van der Waals surface area contributed by atoms with Crippen molar-refractivity contribution in [2.45, 2.75) is 0 Å². The van der Waals surface area contributed by atoms with Crippen molar-refractivity contribution < 1.29 is 8.83 Å². The molecule has 0 bridgehead atoms. The molecular formula is C74H48N4O2. The van der Waals surface area contributed by atoms with Gasteiger partial charge in [-0.25, -0.2) is 0 Å². The highest BCUT2D eigenvalue weighted by Crippen LogP contribution is 2.46. The maximum Gasteiger partial charge on any atom is 0.135 e. The first-order valence-electron chi connectivity index (χ1n) is 27.1. The molecule has 0 aliphatic rings. The van der Waals surface area contributed by atoms with Gasteiger partial charge in [0.15, 0.2) is 0 Å². The molecule has 0 saturated heterocycles. The molecule has 0 amide bonds. The van der Waals surface area contributed by atoms with Crippen molar-refractivity contribution in [2.75, 3.05) is 9.80 Å². The second-order valence-corrected chi connectivity index (χ2v) is 20.5. The second kappa shape index (κ2) is 18.4. The normalized spacial score (nSPS) is 11.8. The molecule has 0 atom stereocenters. The molecule has 12 aromatic carbocycles. The highest BCUT2D eigenvalue weighted by Gasteiger charge is 2.23. The summed E-state index contributed by atoms with van der Waals surface area (Å²) in [4.78, 5) is 4.57. The van der Waals surface area contributed by atoms with Crippen molar-refractivity contribution in [2.24, 2.45) is 0 Å². The highest BCUT2D eigenvalue weighted by molar-refractivity contribution is 6.30. The van der Waals surface area contributed by atoms with Gasteiger partial charge in [0, 0.05) is 88.9 Å². The Hall–Kier alpha value is -10.8. The summed E-state index contributed by atoms with van der Waals surface area (Å²) < 4.78 is 18.3. The summed E-state index contributed by atoms with van der Waals surface area (Å²) in [5.41, 5.74) is 16.9. The molecule has 0 spiro atoms. The van der Waals surface area contributed by atoms with Crippen molar-refractivity contribution in [1.29, 1.82) is 0 Å². The van der Waals surface area contributed by atoms with Crippen LogP contribution in [0.15, 0.2) is 300 Å². The van der Waals surface area contributed by atoms with E-state index in [1.807, 2.05) is 0 Å². The SMILES string of the molecule is c1ccc(N(c2ccccc2)c2ccc3oc(-c4ccc5c6c7ccc8c(c7ccc6n(-c6ccccc6)c5c4)c4ccc(-c5cc6cc(N(c7ccccc7)c7ccccc7)ccc6o5)cc4n8-c4ccccc4)cc3c2)cc1. The molecule has 6 nitrogen and oxygen atoms in total. The van der Waals surface area contributed by atoms with E-state index in [4.69, 9.17) is 8.83 Å². The fourth-order valence-corrected chi connectivity index (χ4v) is 12.3. The van der Waals surface area contributed by atoms with Crippen LogP contribution in [0.25, 0.3) is 110 Å². The molecule has 0 radical (unpaired) electrons. The number of benzene rings is 12. The van der Waals surface area contributed by atoms with E-state index in [1.54, 1.807) is 0 Å². The van der Waals surface area contributed by atoms with Gasteiger partial charge in [0.1, 0.15) is 22.7 Å². The number of hydrogen-bond donors (Lipinski definition) is 0. The quantitative estimate of drug-likeness (QED) is 0.137. The third-order valence-electron chi connectivity index (χ3n) is 15.8. The molecule has 16 rings (SSSR count). The lowest BCUT2D eigenvalue weighted by atomic mass is 9.98. The minimum Gasteiger partial charge on any atom is -0.456 e. The predicted octanol–water partition coefficient (Wildman–Crippen LogP) is 20.8. The van der Waals surface area contributed by atoms with Gasteiger partial charge in [-0.15, -0.1) is 0 Å². The van der Waals surface area contributed by atoms with Gasteiger partial charge >= 0.3 is 0 Å². The first-order valence-corrected chi connectivity index (χ1v) is 27.1. The zero-order valence-electron chi connectivity index (χ0n) is 43.3. The number of hydrogen-bond acceptors (Lipinski definition) is 4. The zero-order valence-corrected chi connectivity index (χ0v) is 43.3. The average Bonchev–Trinajstić information content (AvgIpc) is 4.47. The minimum absolute atomic E-state index is 0.819. The number of para-hydroxylation sites is 6. The van der Waals surface area contributed by atoms with Crippen molar-refractivity contribution >= 4 is 110 Å². The summed E-state index contributed by atoms with van der Waals surface area (Å²) in [6.07, 6.45) is 0. The third-order valence-corrected chi connectivity index (χ3v) is 15.8. The van der Waals surface area contributed by atoms with E-state index < -0.39 is 0 Å². The summed E-state index contributed by atoms with van der Waals surface area (Å²) in [6.45, 7) is 0. The molecular weight excluding hydrogens is 977 g/mol. The Balaban J connectivity index is 0.838. The van der Waals surface area contributed by atoms with Gasteiger partial charge in [-0.3, -0.25) is 0 Å². The molecule has 4 heterocycles. The van der Waals surface area contributed by atoms with Gasteiger partial charge < -0.3 is 27.8 Å². The van der Waals surface area contributed by atoms with Gasteiger partial charge in [0.2, 0.25) is 0 Å². The standard InChI is InChI=1S/C74H48N4O2/c1-7-19-53(20-8-1)75(54-21-9-2-10-22-54)59-33-41-69-51(43-59)47-71(79-69)49-31-35-63-67(45-49)77(57-27-15-5-16-28-57)65-39-37-62-61(73(63)65)38-40-66-74(62)64-36-32-50(46-68(64)78(66)58-29-17-6-18-30-58)72-48-52-44-60(34-42-70(52)80-72)76(55-23-11-3-12-24-55)56-25-13-4-14-26-56/h1-48H. The van der Waals surface area contributed by atoms with E-state index in [0.717, 1.165) is 112 Å². The Morgan fingerprint density at radius 1 is 0.250 bits per heavy atom. The number of furan rings is 2. The van der Waals surface area contributed by atoms with Gasteiger partial charge in [-0.05, 0) is 156 Å². The fraction of sp³-hybridized carbons (Fsp3) is 0. The Bertz CT molecular complexity index is 4590. The van der Waals surface area contributed by atoms with Crippen molar-refractivity contribution in [1.82, 2.24) is 9.13 Å². The van der Waals surface area contributed by atoms with Crippen molar-refractivity contribution in [3.63, 3.8) is 0 Å². The van der Waals surface area contributed by atoms with E-state index in [0.29, 0.717) is 0 Å². The maximum absolute atomic E-state index is 6.72. The van der Waals surface area contributed by atoms with Crippen LogP contribution in [0.4, 0.5) is 34.1 Å². The monoisotopic (exact) mass is 1020 g/mol. The van der Waals surface area contributed by atoms with E-state index >= 15 is 0 Å². The minimum atomic E-state index is 0.819. The smallest absolute Gasteiger partial charge is 0.135 e. The molecule has 0 aliphatic heterocycles. The third kappa shape index (κ3) is 7.42.